The number of ketones is 1. The predicted octanol–water partition coefficient (Wildman–Crippen LogP) is 1.37. The number of amides is 1. The predicted molar refractivity (Wildman–Crippen MR) is 91.3 cm³/mol. The number of aliphatic hydroxyl groups is 1. The molecule has 0 fully saturated rings. The molecule has 3 heterocycles. The quantitative estimate of drug-likeness (QED) is 0.487. The molecule has 0 radical (unpaired) electrons. The van der Waals surface area contributed by atoms with Crippen LogP contribution in [-0.2, 0) is 11.3 Å². The van der Waals surface area contributed by atoms with E-state index in [-0.39, 0.29) is 11.5 Å². The topological polar surface area (TPSA) is 96.6 Å². The van der Waals surface area contributed by atoms with Gasteiger partial charge in [-0.3, -0.25) is 9.59 Å². The van der Waals surface area contributed by atoms with E-state index in [9.17, 15) is 9.59 Å². The van der Waals surface area contributed by atoms with Crippen LogP contribution in [0.2, 0.25) is 0 Å². The Morgan fingerprint density at radius 3 is 3.00 bits per heavy atom. The zero-order chi connectivity index (χ0) is 16.9. The minimum absolute atomic E-state index is 0.00746. The van der Waals surface area contributed by atoms with Crippen molar-refractivity contribution < 1.29 is 14.7 Å². The molecule has 0 saturated carbocycles. The summed E-state index contributed by atoms with van der Waals surface area (Å²) < 4.78 is 1.72. The van der Waals surface area contributed by atoms with Crippen molar-refractivity contribution in [2.75, 3.05) is 12.4 Å². The van der Waals surface area contributed by atoms with Gasteiger partial charge in [-0.1, -0.05) is 11.8 Å². The molecule has 0 spiro atoms. The van der Waals surface area contributed by atoms with E-state index in [2.05, 4.69) is 15.4 Å². The Morgan fingerprint density at radius 1 is 1.29 bits per heavy atom. The normalized spacial score (nSPS) is 10.9. The van der Waals surface area contributed by atoms with Gasteiger partial charge in [-0.2, -0.15) is 5.10 Å². The molecule has 0 aliphatic carbocycles. The van der Waals surface area contributed by atoms with Crippen LogP contribution in [0.1, 0.15) is 14.5 Å². The average Bonchev–Trinajstić information content (AvgIpc) is 3.26. The van der Waals surface area contributed by atoms with Crippen LogP contribution in [0.5, 0.6) is 0 Å². The molecule has 0 aromatic carbocycles. The molecule has 0 atom stereocenters. The van der Waals surface area contributed by atoms with Crippen molar-refractivity contribution in [3.63, 3.8) is 0 Å². The number of aliphatic hydroxyl groups excluding tert-OH is 1. The largest absolute Gasteiger partial charge is 0.387 e. The molecule has 0 aliphatic rings. The third kappa shape index (κ3) is 3.81. The second-order valence-electron chi connectivity index (χ2n) is 4.81. The maximum absolute atomic E-state index is 12.3. The van der Waals surface area contributed by atoms with E-state index >= 15 is 0 Å². The lowest BCUT2D eigenvalue weighted by Gasteiger charge is -2.02. The third-order valence-corrected chi connectivity index (χ3v) is 5.29. The van der Waals surface area contributed by atoms with Crippen LogP contribution >= 0.6 is 23.1 Å². The fourth-order valence-electron chi connectivity index (χ4n) is 2.01. The Morgan fingerprint density at radius 2 is 2.17 bits per heavy atom. The molecule has 2 N–H and O–H groups in total. The zero-order valence-electron chi connectivity index (χ0n) is 12.5. The summed E-state index contributed by atoms with van der Waals surface area (Å²) in [6.45, 7) is -0.234. The summed E-state index contributed by atoms with van der Waals surface area (Å²) in [5.41, 5.74) is 0.869. The molecule has 9 heteroatoms. The van der Waals surface area contributed by atoms with Gasteiger partial charge < -0.3 is 10.4 Å². The smallest absolute Gasteiger partial charge is 0.246 e. The number of nitrogens with zero attached hydrogens (tertiary/aromatic N) is 3. The van der Waals surface area contributed by atoms with Crippen LogP contribution in [0.15, 0.2) is 41.8 Å². The number of aromatic nitrogens is 3. The molecule has 0 unspecified atom stereocenters. The second-order valence-corrected chi connectivity index (χ2v) is 6.94. The molecular formula is C15H14N4O3S2. The molecule has 0 bridgehead atoms. The molecule has 0 saturated heterocycles. The first kappa shape index (κ1) is 16.6. The van der Waals surface area contributed by atoms with Gasteiger partial charge in [0.15, 0.2) is 5.78 Å². The maximum Gasteiger partial charge on any atom is 0.246 e. The first-order valence-electron chi connectivity index (χ1n) is 7.08. The van der Waals surface area contributed by atoms with E-state index in [0.29, 0.717) is 11.4 Å². The summed E-state index contributed by atoms with van der Waals surface area (Å²) in [6.07, 6.45) is 5.10. The van der Waals surface area contributed by atoms with Gasteiger partial charge in [-0.15, -0.1) is 11.3 Å². The van der Waals surface area contributed by atoms with E-state index in [4.69, 9.17) is 5.11 Å². The summed E-state index contributed by atoms with van der Waals surface area (Å²) in [7, 11) is 0. The van der Waals surface area contributed by atoms with Gasteiger partial charge in [-0.25, -0.2) is 9.50 Å². The van der Waals surface area contributed by atoms with Gasteiger partial charge in [0.2, 0.25) is 5.91 Å². The Labute approximate surface area is 145 Å². The number of thiophene rings is 1. The van der Waals surface area contributed by atoms with Gasteiger partial charge in [0.1, 0.15) is 11.6 Å². The Kier molecular flexibility index (Phi) is 5.24. The standard InChI is InChI=1S/C15H14N4O3S2/c20-8-14(22)17-7-10-1-2-13(24-10)12(21)9-23-15-11-3-4-18-19(11)6-5-16-15/h1-6,20H,7-9H2,(H,17,22). The zero-order valence-corrected chi connectivity index (χ0v) is 14.1. The molecule has 124 valence electrons. The summed E-state index contributed by atoms with van der Waals surface area (Å²) >= 11 is 2.71. The van der Waals surface area contributed by atoms with Crippen LogP contribution < -0.4 is 5.32 Å². The summed E-state index contributed by atoms with van der Waals surface area (Å²) in [5, 5.41) is 16.1. The number of Topliss-reactive ketones (excluding diaryl/α,β-unsaturated/α-hetero) is 1. The van der Waals surface area contributed by atoms with Crippen LogP contribution in [0.25, 0.3) is 5.52 Å². The summed E-state index contributed by atoms with van der Waals surface area (Å²) in [6, 6.07) is 5.41. The lowest BCUT2D eigenvalue weighted by Crippen LogP contribution is -2.25. The fraction of sp³-hybridized carbons (Fsp3) is 0.200. The number of hydrogen-bond donors (Lipinski definition) is 2. The van der Waals surface area contributed by atoms with Crippen molar-refractivity contribution in [3.8, 4) is 0 Å². The minimum Gasteiger partial charge on any atom is -0.387 e. The molecule has 1 amide bonds. The van der Waals surface area contributed by atoms with Crippen molar-refractivity contribution in [1.29, 1.82) is 0 Å². The van der Waals surface area contributed by atoms with Crippen LogP contribution in [0.3, 0.4) is 0 Å². The summed E-state index contributed by atoms with van der Waals surface area (Å²) in [5.74, 6) is -0.152. The van der Waals surface area contributed by atoms with Crippen LogP contribution in [0.4, 0.5) is 0 Å². The van der Waals surface area contributed by atoms with Crippen molar-refractivity contribution in [3.05, 3.63) is 46.5 Å². The number of carbonyl (C=O) groups excluding carboxylic acids is 2. The van der Waals surface area contributed by atoms with Gasteiger partial charge in [0.05, 0.1) is 28.9 Å². The Balaban J connectivity index is 1.60. The third-order valence-electron chi connectivity index (χ3n) is 3.17. The number of carbonyl (C=O) groups is 2. The molecule has 0 aliphatic heterocycles. The van der Waals surface area contributed by atoms with Gasteiger partial charge in [0.25, 0.3) is 0 Å². The molecule has 3 aromatic heterocycles. The number of rotatable bonds is 7. The SMILES string of the molecule is O=C(CO)NCc1ccc(C(=O)CSc2nccn3nccc23)s1. The van der Waals surface area contributed by atoms with Gasteiger partial charge >= 0.3 is 0 Å². The number of fused-ring (bicyclic) bond motifs is 1. The molecule has 3 aromatic rings. The fourth-order valence-corrected chi connectivity index (χ4v) is 3.86. The van der Waals surface area contributed by atoms with Gasteiger partial charge in [-0.05, 0) is 18.2 Å². The van der Waals surface area contributed by atoms with Crippen molar-refractivity contribution in [1.82, 2.24) is 19.9 Å². The first-order chi connectivity index (χ1) is 11.7. The van der Waals surface area contributed by atoms with E-state index in [0.717, 1.165) is 15.4 Å². The van der Waals surface area contributed by atoms with Crippen LogP contribution in [0, 0.1) is 0 Å². The molecule has 7 nitrogen and oxygen atoms in total. The maximum atomic E-state index is 12.3. The summed E-state index contributed by atoms with van der Waals surface area (Å²) in [4.78, 5) is 29.1. The molecular weight excluding hydrogens is 348 g/mol. The first-order valence-corrected chi connectivity index (χ1v) is 8.88. The van der Waals surface area contributed by atoms with E-state index in [1.807, 2.05) is 6.07 Å². The van der Waals surface area contributed by atoms with E-state index < -0.39 is 12.5 Å². The highest BCUT2D eigenvalue weighted by Gasteiger charge is 2.12. The van der Waals surface area contributed by atoms with E-state index in [1.54, 1.807) is 35.2 Å². The number of hydrogen-bond acceptors (Lipinski definition) is 7. The van der Waals surface area contributed by atoms with Crippen molar-refractivity contribution >= 4 is 40.3 Å². The monoisotopic (exact) mass is 362 g/mol. The number of nitrogens with one attached hydrogen (secondary N) is 1. The Hall–Kier alpha value is -2.23. The van der Waals surface area contributed by atoms with Gasteiger partial charge in [0, 0.05) is 17.3 Å². The second kappa shape index (κ2) is 7.56. The van der Waals surface area contributed by atoms with E-state index in [1.165, 1.54) is 23.1 Å². The number of thioether (sulfide) groups is 1. The minimum atomic E-state index is -0.541. The lowest BCUT2D eigenvalue weighted by molar-refractivity contribution is -0.123. The van der Waals surface area contributed by atoms with Crippen LogP contribution in [-0.4, -0.2) is 43.8 Å². The highest BCUT2D eigenvalue weighted by molar-refractivity contribution is 8.00. The molecule has 3 rings (SSSR count). The Bertz CT molecular complexity index is 874. The highest BCUT2D eigenvalue weighted by Crippen LogP contribution is 2.24. The lowest BCUT2D eigenvalue weighted by atomic mass is 10.3. The highest BCUT2D eigenvalue weighted by atomic mass is 32.2. The van der Waals surface area contributed by atoms with Crippen molar-refractivity contribution in [2.24, 2.45) is 0 Å². The average molecular weight is 362 g/mol. The molecule has 24 heavy (non-hydrogen) atoms. The van der Waals surface area contributed by atoms with Crippen molar-refractivity contribution in [2.45, 2.75) is 11.6 Å².